The first-order valence-corrected chi connectivity index (χ1v) is 11.5. The van der Waals surface area contributed by atoms with E-state index in [0.29, 0.717) is 44.3 Å². The van der Waals surface area contributed by atoms with E-state index < -0.39 is 22.0 Å². The molecule has 1 aliphatic heterocycles. The molecular formula is C20H28N2O6S. The molecular weight excluding hydrogens is 396 g/mol. The van der Waals surface area contributed by atoms with Gasteiger partial charge in [-0.1, -0.05) is 12.8 Å². The van der Waals surface area contributed by atoms with E-state index in [4.69, 9.17) is 9.47 Å². The number of nitrogens with one attached hydrogen (secondary N) is 1. The van der Waals surface area contributed by atoms with Gasteiger partial charge in [0.2, 0.25) is 10.0 Å². The summed E-state index contributed by atoms with van der Waals surface area (Å²) in [7, 11) is -3.58. The summed E-state index contributed by atoms with van der Waals surface area (Å²) in [5.41, 5.74) is 0.439. The molecule has 1 heterocycles. The predicted octanol–water partition coefficient (Wildman–Crippen LogP) is 2.16. The fourth-order valence-corrected chi connectivity index (χ4v) is 5.05. The number of hydrogen-bond acceptors (Lipinski definition) is 6. The van der Waals surface area contributed by atoms with Crippen LogP contribution in [0.4, 0.5) is 5.69 Å². The van der Waals surface area contributed by atoms with Crippen molar-refractivity contribution in [2.45, 2.75) is 50.0 Å². The number of rotatable bonds is 7. The monoisotopic (exact) mass is 424 g/mol. The minimum absolute atomic E-state index is 0.161. The molecule has 0 spiro atoms. The first-order valence-electron chi connectivity index (χ1n) is 10.0. The fourth-order valence-electron chi connectivity index (χ4n) is 3.64. The molecule has 0 aromatic heterocycles. The third-order valence-corrected chi connectivity index (χ3v) is 7.25. The number of carbonyl (C=O) groups excluding carboxylic acids is 2. The maximum absolute atomic E-state index is 12.6. The van der Waals surface area contributed by atoms with Gasteiger partial charge in [0.25, 0.3) is 5.91 Å². The van der Waals surface area contributed by atoms with Crippen molar-refractivity contribution >= 4 is 27.6 Å². The largest absolute Gasteiger partial charge is 0.453 e. The summed E-state index contributed by atoms with van der Waals surface area (Å²) in [4.78, 5) is 24.4. The van der Waals surface area contributed by atoms with Crippen LogP contribution in [0, 0.1) is 5.92 Å². The van der Waals surface area contributed by atoms with Crippen molar-refractivity contribution in [1.82, 2.24) is 4.31 Å². The minimum Gasteiger partial charge on any atom is -0.453 e. The standard InChI is InChI=1S/C20H28N2O6S/c1-15(28-19(23)14-16-4-2-3-5-16)20(24)21-17-6-8-18(9-7-17)29(25,26)22-10-12-27-13-11-22/h6-9,15-16H,2-5,10-14H2,1H3,(H,21,24)/t15-/m0/s1. The summed E-state index contributed by atoms with van der Waals surface area (Å²) >= 11 is 0. The van der Waals surface area contributed by atoms with Gasteiger partial charge in [-0.3, -0.25) is 9.59 Å². The van der Waals surface area contributed by atoms with Gasteiger partial charge in [0.1, 0.15) is 0 Å². The first-order chi connectivity index (χ1) is 13.9. The van der Waals surface area contributed by atoms with E-state index in [9.17, 15) is 18.0 Å². The number of hydrogen-bond donors (Lipinski definition) is 1. The molecule has 1 saturated heterocycles. The Labute approximate surface area is 171 Å². The molecule has 2 aliphatic rings. The average Bonchev–Trinajstić information content (AvgIpc) is 3.22. The van der Waals surface area contributed by atoms with Crippen LogP contribution in [0.2, 0.25) is 0 Å². The summed E-state index contributed by atoms with van der Waals surface area (Å²) < 4.78 is 37.0. The molecule has 0 unspecified atom stereocenters. The van der Waals surface area contributed by atoms with Gasteiger partial charge in [0.15, 0.2) is 6.10 Å². The molecule has 160 valence electrons. The third kappa shape index (κ3) is 5.77. The van der Waals surface area contributed by atoms with Crippen LogP contribution >= 0.6 is 0 Å². The molecule has 1 atom stereocenters. The fraction of sp³-hybridized carbons (Fsp3) is 0.600. The Morgan fingerprint density at radius 2 is 1.79 bits per heavy atom. The van der Waals surface area contributed by atoms with Crippen molar-refractivity contribution in [2.24, 2.45) is 5.92 Å². The van der Waals surface area contributed by atoms with Crippen molar-refractivity contribution in [3.63, 3.8) is 0 Å². The minimum atomic E-state index is -3.58. The van der Waals surface area contributed by atoms with Crippen molar-refractivity contribution in [2.75, 3.05) is 31.6 Å². The number of sulfonamides is 1. The summed E-state index contributed by atoms with van der Waals surface area (Å²) in [6.45, 7) is 2.93. The van der Waals surface area contributed by atoms with Crippen LogP contribution in [-0.2, 0) is 29.1 Å². The van der Waals surface area contributed by atoms with Gasteiger partial charge in [-0.25, -0.2) is 8.42 Å². The lowest BCUT2D eigenvalue weighted by atomic mass is 10.0. The summed E-state index contributed by atoms with van der Waals surface area (Å²) in [5.74, 6) is -0.446. The molecule has 2 fully saturated rings. The molecule has 1 aromatic rings. The second-order valence-corrected chi connectivity index (χ2v) is 9.45. The highest BCUT2D eigenvalue weighted by molar-refractivity contribution is 7.89. The van der Waals surface area contributed by atoms with Crippen LogP contribution in [0.15, 0.2) is 29.2 Å². The molecule has 1 aliphatic carbocycles. The zero-order valence-electron chi connectivity index (χ0n) is 16.6. The Bertz CT molecular complexity index is 812. The van der Waals surface area contributed by atoms with E-state index in [1.807, 2.05) is 0 Å². The van der Waals surface area contributed by atoms with Crippen LogP contribution in [0.5, 0.6) is 0 Å². The van der Waals surface area contributed by atoms with Gasteiger partial charge in [-0.05, 0) is 49.9 Å². The Kier molecular flexibility index (Phi) is 7.26. The van der Waals surface area contributed by atoms with Crippen LogP contribution in [0.25, 0.3) is 0 Å². The Morgan fingerprint density at radius 3 is 2.41 bits per heavy atom. The maximum atomic E-state index is 12.6. The van der Waals surface area contributed by atoms with E-state index >= 15 is 0 Å². The summed E-state index contributed by atoms with van der Waals surface area (Å²) in [6, 6.07) is 5.96. The van der Waals surface area contributed by atoms with Gasteiger partial charge in [-0.15, -0.1) is 0 Å². The number of carbonyl (C=O) groups is 2. The maximum Gasteiger partial charge on any atom is 0.306 e. The lowest BCUT2D eigenvalue weighted by molar-refractivity contribution is -0.154. The molecule has 1 amide bonds. The zero-order valence-corrected chi connectivity index (χ0v) is 17.4. The lowest BCUT2D eigenvalue weighted by Gasteiger charge is -2.26. The third-order valence-electron chi connectivity index (χ3n) is 5.34. The molecule has 1 N–H and O–H groups in total. The SMILES string of the molecule is C[C@H](OC(=O)CC1CCCC1)C(=O)Nc1ccc(S(=O)(=O)N2CCOCC2)cc1. The number of amides is 1. The van der Waals surface area contributed by atoms with Crippen molar-refractivity contribution in [1.29, 1.82) is 0 Å². The van der Waals surface area contributed by atoms with E-state index in [2.05, 4.69) is 5.32 Å². The Hall–Kier alpha value is -1.97. The number of anilines is 1. The molecule has 1 aromatic carbocycles. The molecule has 3 rings (SSSR count). The average molecular weight is 425 g/mol. The predicted molar refractivity (Wildman–Crippen MR) is 107 cm³/mol. The second-order valence-electron chi connectivity index (χ2n) is 7.52. The normalized spacial score (nSPS) is 19.6. The quantitative estimate of drug-likeness (QED) is 0.673. The number of esters is 1. The van der Waals surface area contributed by atoms with Gasteiger partial charge in [0.05, 0.1) is 18.1 Å². The number of morpholine rings is 1. The molecule has 0 bridgehead atoms. The summed E-state index contributed by atoms with van der Waals surface area (Å²) in [6.07, 6.45) is 3.80. The number of ether oxygens (including phenoxy) is 2. The van der Waals surface area contributed by atoms with Crippen molar-refractivity contribution < 1.29 is 27.5 Å². The highest BCUT2D eigenvalue weighted by atomic mass is 32.2. The van der Waals surface area contributed by atoms with E-state index in [1.165, 1.54) is 35.5 Å². The second kappa shape index (κ2) is 9.69. The van der Waals surface area contributed by atoms with Gasteiger partial charge >= 0.3 is 5.97 Å². The van der Waals surface area contributed by atoms with E-state index in [-0.39, 0.29) is 10.9 Å². The van der Waals surface area contributed by atoms with Crippen LogP contribution in [-0.4, -0.2) is 57.0 Å². The van der Waals surface area contributed by atoms with Crippen LogP contribution < -0.4 is 5.32 Å². The molecule has 1 saturated carbocycles. The van der Waals surface area contributed by atoms with E-state index in [1.54, 1.807) is 0 Å². The van der Waals surface area contributed by atoms with Crippen molar-refractivity contribution in [3.05, 3.63) is 24.3 Å². The molecule has 0 radical (unpaired) electrons. The van der Waals surface area contributed by atoms with Gasteiger partial charge < -0.3 is 14.8 Å². The molecule has 29 heavy (non-hydrogen) atoms. The van der Waals surface area contributed by atoms with Crippen LogP contribution in [0.1, 0.15) is 39.0 Å². The van der Waals surface area contributed by atoms with Crippen molar-refractivity contribution in [3.8, 4) is 0 Å². The van der Waals surface area contributed by atoms with E-state index in [0.717, 1.165) is 25.7 Å². The molecule has 9 heteroatoms. The summed E-state index contributed by atoms with van der Waals surface area (Å²) in [5, 5.41) is 2.65. The highest BCUT2D eigenvalue weighted by Crippen LogP contribution is 2.28. The highest BCUT2D eigenvalue weighted by Gasteiger charge is 2.26. The first kappa shape index (κ1) is 21.7. The Balaban J connectivity index is 1.53. The zero-order chi connectivity index (χ0) is 20.9. The smallest absolute Gasteiger partial charge is 0.306 e. The lowest BCUT2D eigenvalue weighted by Crippen LogP contribution is -2.40. The molecule has 8 nitrogen and oxygen atoms in total. The van der Waals surface area contributed by atoms with Gasteiger partial charge in [0, 0.05) is 25.2 Å². The van der Waals surface area contributed by atoms with Gasteiger partial charge in [-0.2, -0.15) is 4.31 Å². The number of nitrogens with zero attached hydrogens (tertiary/aromatic N) is 1. The van der Waals surface area contributed by atoms with Crippen LogP contribution in [0.3, 0.4) is 0 Å². The number of benzene rings is 1. The Morgan fingerprint density at radius 1 is 1.17 bits per heavy atom. The topological polar surface area (TPSA) is 102 Å².